The number of ether oxygens (including phenoxy) is 2. The number of aromatic nitrogens is 10. The summed E-state index contributed by atoms with van der Waals surface area (Å²) < 4.78 is 73.1. The molecule has 1 saturated heterocycles. The van der Waals surface area contributed by atoms with Crippen LogP contribution in [0.25, 0.3) is 45.1 Å². The predicted octanol–water partition coefficient (Wildman–Crippen LogP) is 2.27. The smallest absolute Gasteiger partial charge is 0.243 e. The van der Waals surface area contributed by atoms with Gasteiger partial charge in [-0.2, -0.15) is 18.8 Å². The first kappa shape index (κ1) is 35.2. The normalized spacial score (nSPS) is 14.7. The van der Waals surface area contributed by atoms with Gasteiger partial charge in [0.1, 0.15) is 22.5 Å². The number of rotatable bonds is 10. The summed E-state index contributed by atoms with van der Waals surface area (Å²) in [7, 11) is -4.65. The van der Waals surface area contributed by atoms with Gasteiger partial charge in [-0.05, 0) is 64.1 Å². The number of benzene rings is 2. The molecule has 1 aliphatic rings. The van der Waals surface area contributed by atoms with Crippen molar-refractivity contribution in [3.05, 3.63) is 47.8 Å². The van der Waals surface area contributed by atoms with Crippen LogP contribution in [0, 0.1) is 13.8 Å². The monoisotopic (exact) mass is 748 g/mol. The maximum absolute atomic E-state index is 14.0. The minimum absolute atomic E-state index is 0.0144. The van der Waals surface area contributed by atoms with Crippen molar-refractivity contribution in [2.24, 2.45) is 14.1 Å². The summed E-state index contributed by atoms with van der Waals surface area (Å²) in [6.45, 7) is 7.60. The van der Waals surface area contributed by atoms with Gasteiger partial charge in [-0.3, -0.25) is 0 Å². The molecule has 0 saturated carbocycles. The summed E-state index contributed by atoms with van der Waals surface area (Å²) in [5.41, 5.74) is 4.05. The van der Waals surface area contributed by atoms with E-state index in [1.54, 1.807) is 49.4 Å². The van der Waals surface area contributed by atoms with Crippen LogP contribution in [0.3, 0.4) is 0 Å². The molecule has 0 radical (unpaired) electrons. The van der Waals surface area contributed by atoms with E-state index in [0.29, 0.717) is 69.6 Å². The first-order valence-corrected chi connectivity index (χ1v) is 19.3. The number of piperazine rings is 1. The van der Waals surface area contributed by atoms with Crippen LogP contribution in [0.15, 0.2) is 46.2 Å². The lowest BCUT2D eigenvalue weighted by Gasteiger charge is -2.33. The van der Waals surface area contributed by atoms with Crippen LogP contribution in [0.1, 0.15) is 25.2 Å². The summed E-state index contributed by atoms with van der Waals surface area (Å²) in [4.78, 5) is 9.23. The molecule has 0 atom stereocenters. The molecule has 2 aromatic carbocycles. The minimum atomic E-state index is -4.06. The summed E-state index contributed by atoms with van der Waals surface area (Å²) in [5, 5.41) is 25.7. The first-order valence-electron chi connectivity index (χ1n) is 16.5. The number of hydrogen-bond donors (Lipinski definition) is 0. The average molecular weight is 749 g/mol. The van der Waals surface area contributed by atoms with Gasteiger partial charge in [0, 0.05) is 40.3 Å². The van der Waals surface area contributed by atoms with Gasteiger partial charge in [0.2, 0.25) is 20.0 Å². The average Bonchev–Trinajstić information content (AvgIpc) is 3.59. The van der Waals surface area contributed by atoms with Gasteiger partial charge in [-0.15, -0.1) is 20.4 Å². The molecule has 5 heterocycles. The predicted molar refractivity (Wildman–Crippen MR) is 188 cm³/mol. The van der Waals surface area contributed by atoms with E-state index in [0.717, 1.165) is 0 Å². The highest BCUT2D eigenvalue weighted by atomic mass is 32.2. The third-order valence-electron chi connectivity index (χ3n) is 8.69. The molecule has 7 rings (SSSR count). The minimum Gasteiger partial charge on any atom is -0.493 e. The largest absolute Gasteiger partial charge is 0.493 e. The van der Waals surface area contributed by atoms with Gasteiger partial charge < -0.3 is 9.47 Å². The van der Waals surface area contributed by atoms with Crippen LogP contribution in [0.4, 0.5) is 0 Å². The lowest BCUT2D eigenvalue weighted by atomic mass is 10.2. The summed E-state index contributed by atoms with van der Waals surface area (Å²) in [6.07, 6.45) is 0. The highest BCUT2D eigenvalue weighted by Gasteiger charge is 2.35. The fraction of sp³-hybridized carbons (Fsp3) is 0.375. The Bertz CT molecular complexity index is 2390. The zero-order valence-electron chi connectivity index (χ0n) is 29.3. The standard InChI is InChI=1S/C32H36N12O6S2/c1-7-49-25-11-9-21(17-23(25)29-33-27-19(3)39-41(5)31(27)37-35-29)51(45,46)43-13-15-44(16-14-43)52(47,48)22-10-12-26(50-8-2)24(18-22)30-34-28-20(4)40-42(6)32(28)38-36-30/h9-12,17-18H,7-8,13-16H2,1-6H3. The Labute approximate surface area is 299 Å². The second kappa shape index (κ2) is 13.4. The Morgan fingerprint density at radius 1 is 0.615 bits per heavy atom. The molecule has 0 bridgehead atoms. The van der Waals surface area contributed by atoms with Gasteiger partial charge >= 0.3 is 0 Å². The Hall–Kier alpha value is -5.18. The van der Waals surface area contributed by atoms with Crippen molar-refractivity contribution in [3.63, 3.8) is 0 Å². The Morgan fingerprint density at radius 2 is 1.00 bits per heavy atom. The van der Waals surface area contributed by atoms with Crippen molar-refractivity contribution >= 4 is 42.4 Å². The SMILES string of the molecule is CCOc1ccc(S(=O)(=O)N2CCN(S(=O)(=O)c3ccc(OCC)c(-c4nnc5c(n4)c(C)nn5C)c3)CC2)cc1-c1nnc2c(n1)c(C)nn2C. The molecule has 1 aliphatic heterocycles. The zero-order valence-corrected chi connectivity index (χ0v) is 31.0. The molecule has 6 aromatic rings. The highest BCUT2D eigenvalue weighted by Crippen LogP contribution is 2.34. The van der Waals surface area contributed by atoms with Crippen LogP contribution in [0.2, 0.25) is 0 Å². The van der Waals surface area contributed by atoms with E-state index in [1.165, 1.54) is 32.9 Å². The van der Waals surface area contributed by atoms with Crippen molar-refractivity contribution in [2.45, 2.75) is 37.5 Å². The third kappa shape index (κ3) is 6.10. The van der Waals surface area contributed by atoms with Gasteiger partial charge in [-0.1, -0.05) is 0 Å². The Morgan fingerprint density at radius 3 is 1.37 bits per heavy atom. The Balaban J connectivity index is 1.14. The van der Waals surface area contributed by atoms with Crippen LogP contribution in [-0.2, 0) is 34.1 Å². The van der Waals surface area contributed by atoms with E-state index < -0.39 is 20.0 Å². The van der Waals surface area contributed by atoms with Gasteiger partial charge in [0.25, 0.3) is 0 Å². The molecular weight excluding hydrogens is 713 g/mol. The number of fused-ring (bicyclic) bond motifs is 2. The molecule has 18 nitrogen and oxygen atoms in total. The lowest BCUT2D eigenvalue weighted by Crippen LogP contribution is -2.50. The Kier molecular flexibility index (Phi) is 9.09. The topological polar surface area (TPSA) is 206 Å². The van der Waals surface area contributed by atoms with E-state index in [2.05, 4.69) is 40.6 Å². The molecule has 0 spiro atoms. The molecule has 1 fully saturated rings. The summed E-state index contributed by atoms with van der Waals surface area (Å²) in [6, 6.07) is 8.95. The van der Waals surface area contributed by atoms with Gasteiger partial charge in [0.15, 0.2) is 22.9 Å². The number of hydrogen-bond acceptors (Lipinski definition) is 14. The third-order valence-corrected chi connectivity index (χ3v) is 12.5. The molecule has 52 heavy (non-hydrogen) atoms. The van der Waals surface area contributed by atoms with E-state index in [1.807, 2.05) is 13.8 Å². The van der Waals surface area contributed by atoms with E-state index in [4.69, 9.17) is 9.47 Å². The van der Waals surface area contributed by atoms with E-state index >= 15 is 0 Å². The summed E-state index contributed by atoms with van der Waals surface area (Å²) in [5.74, 6) is 1.16. The number of nitrogens with zero attached hydrogens (tertiary/aromatic N) is 12. The molecule has 0 amide bonds. The van der Waals surface area contributed by atoms with Gasteiger partial charge in [-0.25, -0.2) is 36.2 Å². The summed E-state index contributed by atoms with van der Waals surface area (Å²) >= 11 is 0. The lowest BCUT2D eigenvalue weighted by molar-refractivity contribution is 0.272. The molecule has 4 aromatic heterocycles. The molecule has 0 unspecified atom stereocenters. The van der Waals surface area contributed by atoms with Crippen molar-refractivity contribution in [3.8, 4) is 34.3 Å². The maximum Gasteiger partial charge on any atom is 0.243 e. The number of aryl methyl sites for hydroxylation is 4. The fourth-order valence-electron chi connectivity index (χ4n) is 6.13. The van der Waals surface area contributed by atoms with Gasteiger partial charge in [0.05, 0.1) is 45.5 Å². The van der Waals surface area contributed by atoms with Crippen LogP contribution in [0.5, 0.6) is 11.5 Å². The highest BCUT2D eigenvalue weighted by molar-refractivity contribution is 7.89. The molecular formula is C32H36N12O6S2. The van der Waals surface area contributed by atoms with Crippen LogP contribution in [-0.4, -0.2) is 115 Å². The van der Waals surface area contributed by atoms with E-state index in [9.17, 15) is 16.8 Å². The first-order chi connectivity index (χ1) is 24.8. The second-order valence-electron chi connectivity index (χ2n) is 12.0. The van der Waals surface area contributed by atoms with Crippen molar-refractivity contribution in [1.82, 2.24) is 58.5 Å². The molecule has 20 heteroatoms. The molecule has 0 N–H and O–H groups in total. The maximum atomic E-state index is 14.0. The second-order valence-corrected chi connectivity index (χ2v) is 15.9. The number of sulfonamides is 2. The quantitative estimate of drug-likeness (QED) is 0.197. The van der Waals surface area contributed by atoms with Crippen LogP contribution < -0.4 is 9.47 Å². The fourth-order valence-corrected chi connectivity index (χ4v) is 9.03. The zero-order chi connectivity index (χ0) is 36.9. The molecule has 272 valence electrons. The van der Waals surface area contributed by atoms with E-state index in [-0.39, 0.29) is 47.6 Å². The van der Waals surface area contributed by atoms with Crippen molar-refractivity contribution in [2.75, 3.05) is 39.4 Å². The van der Waals surface area contributed by atoms with Crippen molar-refractivity contribution < 1.29 is 26.3 Å². The van der Waals surface area contributed by atoms with Crippen LogP contribution >= 0.6 is 0 Å². The van der Waals surface area contributed by atoms with Crippen molar-refractivity contribution in [1.29, 1.82) is 0 Å². The molecule has 0 aliphatic carbocycles.